The fraction of sp³-hybridized carbons (Fsp3) is 0.0833. The molecule has 5 rings (SSSR count). The average Bonchev–Trinajstić information content (AvgIpc) is 3.43. The number of nitrogens with zero attached hydrogens (tertiary/aromatic N) is 3. The van der Waals surface area contributed by atoms with Crippen molar-refractivity contribution in [3.8, 4) is 17.1 Å². The third-order valence-corrected chi connectivity index (χ3v) is 5.53. The molecule has 0 unspecified atom stereocenters. The van der Waals surface area contributed by atoms with Gasteiger partial charge in [0.15, 0.2) is 5.82 Å². The van der Waals surface area contributed by atoms with E-state index in [0.717, 1.165) is 16.5 Å². The van der Waals surface area contributed by atoms with Crippen molar-refractivity contribution in [2.24, 2.45) is 7.05 Å². The van der Waals surface area contributed by atoms with Crippen molar-refractivity contribution in [1.82, 2.24) is 19.7 Å². The molecule has 2 N–H and O–H groups in total. The number of aromatic amines is 1. The number of aromatic nitrogens is 4. The second-order valence-corrected chi connectivity index (χ2v) is 7.96. The van der Waals surface area contributed by atoms with Gasteiger partial charge < -0.3 is 14.6 Å². The van der Waals surface area contributed by atoms with Gasteiger partial charge in [-0.2, -0.15) is 0 Å². The molecule has 3 heterocycles. The van der Waals surface area contributed by atoms with Crippen LogP contribution < -0.4 is 15.8 Å². The van der Waals surface area contributed by atoms with Gasteiger partial charge in [-0.15, -0.1) is 0 Å². The third kappa shape index (κ3) is 4.16. The van der Waals surface area contributed by atoms with Crippen molar-refractivity contribution in [1.29, 1.82) is 0 Å². The maximum Gasteiger partial charge on any atom is 0.439 e. The van der Waals surface area contributed by atoms with Gasteiger partial charge in [0.2, 0.25) is 0 Å². The summed E-state index contributed by atoms with van der Waals surface area (Å²) >= 11 is 6.11. The molecule has 10 heteroatoms. The number of halogens is 1. The number of nitrogens with one attached hydrogen (secondary N) is 2. The summed E-state index contributed by atoms with van der Waals surface area (Å²) in [5.74, 6) is -0.257. The van der Waals surface area contributed by atoms with Crippen molar-refractivity contribution in [3.63, 3.8) is 0 Å². The largest absolute Gasteiger partial charge is 0.487 e. The van der Waals surface area contributed by atoms with Crippen LogP contribution in [0.2, 0.25) is 5.02 Å². The van der Waals surface area contributed by atoms with Crippen molar-refractivity contribution < 1.29 is 14.1 Å². The molecule has 0 saturated heterocycles. The highest BCUT2D eigenvalue weighted by Crippen LogP contribution is 2.31. The number of carbonyl (C=O) groups is 1. The van der Waals surface area contributed by atoms with Gasteiger partial charge in [-0.25, -0.2) is 4.79 Å². The Morgan fingerprint density at radius 1 is 1.21 bits per heavy atom. The van der Waals surface area contributed by atoms with E-state index in [2.05, 4.69) is 25.0 Å². The second-order valence-electron chi connectivity index (χ2n) is 7.52. The number of aryl methyl sites for hydroxylation is 1. The topological polar surface area (TPSA) is 115 Å². The third-order valence-electron chi connectivity index (χ3n) is 5.29. The average molecular weight is 476 g/mol. The Morgan fingerprint density at radius 3 is 2.85 bits per heavy atom. The number of benzene rings is 2. The van der Waals surface area contributed by atoms with Crippen molar-refractivity contribution in [2.75, 3.05) is 5.32 Å². The lowest BCUT2D eigenvalue weighted by molar-refractivity contribution is 0.102. The number of ether oxygens (including phenoxy) is 1. The van der Waals surface area contributed by atoms with Crippen LogP contribution in [-0.2, 0) is 13.7 Å². The van der Waals surface area contributed by atoms with Crippen LogP contribution in [0.1, 0.15) is 16.1 Å². The zero-order chi connectivity index (χ0) is 23.7. The Bertz CT molecular complexity index is 1550. The van der Waals surface area contributed by atoms with Gasteiger partial charge in [-0.1, -0.05) is 35.0 Å². The van der Waals surface area contributed by atoms with E-state index in [1.165, 1.54) is 0 Å². The first-order valence-electron chi connectivity index (χ1n) is 10.3. The molecule has 0 aliphatic heterocycles. The summed E-state index contributed by atoms with van der Waals surface area (Å²) in [5, 5.41) is 7.84. The molecule has 0 aliphatic rings. The SMILES string of the molecule is Cn1c(C(=O)Nc2ccc(Cl)cc2-c2noc(=O)[nH]2)cc2cccc(OCc3cccnc3)c21. The fourth-order valence-electron chi connectivity index (χ4n) is 3.71. The second kappa shape index (κ2) is 8.87. The number of para-hydroxylation sites is 1. The van der Waals surface area contributed by atoms with Gasteiger partial charge in [0, 0.05) is 41.0 Å². The first-order chi connectivity index (χ1) is 16.5. The minimum absolute atomic E-state index is 0.158. The van der Waals surface area contributed by atoms with Crippen LogP contribution >= 0.6 is 11.6 Å². The molecule has 3 aromatic heterocycles. The van der Waals surface area contributed by atoms with Crippen LogP contribution in [0.3, 0.4) is 0 Å². The molecule has 0 radical (unpaired) electrons. The normalized spacial score (nSPS) is 11.0. The molecule has 0 atom stereocenters. The van der Waals surface area contributed by atoms with Crippen LogP contribution in [0.4, 0.5) is 5.69 Å². The number of pyridine rings is 1. The molecule has 34 heavy (non-hydrogen) atoms. The molecule has 0 saturated carbocycles. The highest BCUT2D eigenvalue weighted by atomic mass is 35.5. The first kappa shape index (κ1) is 21.5. The summed E-state index contributed by atoms with van der Waals surface area (Å²) in [5.41, 5.74) is 2.98. The minimum Gasteiger partial charge on any atom is -0.487 e. The predicted octanol–water partition coefficient (Wildman–Crippen LogP) is 4.40. The van der Waals surface area contributed by atoms with E-state index in [9.17, 15) is 9.59 Å². The summed E-state index contributed by atoms with van der Waals surface area (Å²) in [6.45, 7) is 0.351. The Labute approximate surface area is 197 Å². The van der Waals surface area contributed by atoms with Gasteiger partial charge in [0.05, 0.1) is 11.2 Å². The summed E-state index contributed by atoms with van der Waals surface area (Å²) in [7, 11) is 1.80. The van der Waals surface area contributed by atoms with Crippen molar-refractivity contribution in [3.05, 3.63) is 93.8 Å². The molecule has 0 bridgehead atoms. The molecule has 1 amide bonds. The molecule has 0 aliphatic carbocycles. The van der Waals surface area contributed by atoms with E-state index < -0.39 is 5.76 Å². The summed E-state index contributed by atoms with van der Waals surface area (Å²) in [4.78, 5) is 31.2. The maximum atomic E-state index is 13.2. The van der Waals surface area contributed by atoms with Crippen LogP contribution in [0.15, 0.2) is 76.3 Å². The Morgan fingerprint density at radius 2 is 2.09 bits per heavy atom. The summed E-state index contributed by atoms with van der Waals surface area (Å²) in [6, 6.07) is 16.1. The number of hydrogen-bond acceptors (Lipinski definition) is 6. The highest BCUT2D eigenvalue weighted by Gasteiger charge is 2.19. The molecule has 0 fully saturated rings. The first-order valence-corrected chi connectivity index (χ1v) is 10.6. The van der Waals surface area contributed by atoms with Crippen LogP contribution in [0.5, 0.6) is 5.75 Å². The van der Waals surface area contributed by atoms with Crippen LogP contribution in [0, 0.1) is 0 Å². The number of H-pyrrole nitrogens is 1. The van der Waals surface area contributed by atoms with E-state index in [1.807, 2.05) is 30.3 Å². The quantitative estimate of drug-likeness (QED) is 0.376. The van der Waals surface area contributed by atoms with E-state index in [4.69, 9.17) is 16.3 Å². The number of amides is 1. The van der Waals surface area contributed by atoms with Crippen molar-refractivity contribution >= 4 is 34.1 Å². The van der Waals surface area contributed by atoms with E-state index in [1.54, 1.807) is 48.3 Å². The van der Waals surface area contributed by atoms with Gasteiger partial charge in [0.1, 0.15) is 18.1 Å². The summed E-state index contributed by atoms with van der Waals surface area (Å²) in [6.07, 6.45) is 3.45. The lowest BCUT2D eigenvalue weighted by atomic mass is 10.1. The standard InChI is InChI=1S/C24H18ClN5O4/c1-30-19(10-15-5-2-6-20(21(15)30)33-13-14-4-3-9-26-12-14)23(31)27-18-8-7-16(25)11-17(18)22-28-24(32)34-29-22/h2-12H,13H2,1H3,(H,27,31)(H,28,29,32). The van der Waals surface area contributed by atoms with Gasteiger partial charge in [-0.05, 0) is 36.4 Å². The van der Waals surface area contributed by atoms with E-state index in [-0.39, 0.29) is 11.7 Å². The smallest absolute Gasteiger partial charge is 0.439 e. The molecular weight excluding hydrogens is 458 g/mol. The highest BCUT2D eigenvalue weighted by molar-refractivity contribution is 6.31. The molecule has 170 valence electrons. The number of hydrogen-bond donors (Lipinski definition) is 2. The molecular formula is C24H18ClN5O4. The zero-order valence-electron chi connectivity index (χ0n) is 17.9. The minimum atomic E-state index is -0.709. The van der Waals surface area contributed by atoms with E-state index in [0.29, 0.717) is 34.3 Å². The lowest BCUT2D eigenvalue weighted by Gasteiger charge is -2.12. The number of fused-ring (bicyclic) bond motifs is 1. The maximum absolute atomic E-state index is 13.2. The van der Waals surface area contributed by atoms with E-state index >= 15 is 0 Å². The lowest BCUT2D eigenvalue weighted by Crippen LogP contribution is -2.16. The number of rotatable bonds is 6. The molecule has 9 nitrogen and oxygen atoms in total. The van der Waals surface area contributed by atoms with Gasteiger partial charge >= 0.3 is 5.76 Å². The van der Waals surface area contributed by atoms with Gasteiger partial charge in [-0.3, -0.25) is 19.3 Å². The summed E-state index contributed by atoms with van der Waals surface area (Å²) < 4.78 is 12.4. The van der Waals surface area contributed by atoms with Gasteiger partial charge in [0.25, 0.3) is 5.91 Å². The fourth-order valence-corrected chi connectivity index (χ4v) is 3.88. The van der Waals surface area contributed by atoms with Crippen molar-refractivity contribution in [2.45, 2.75) is 6.61 Å². The molecule has 2 aromatic carbocycles. The zero-order valence-corrected chi connectivity index (χ0v) is 18.7. The Hall–Kier alpha value is -4.37. The molecule has 0 spiro atoms. The number of carbonyl (C=O) groups excluding carboxylic acids is 1. The van der Waals surface area contributed by atoms with Crippen LogP contribution in [-0.4, -0.2) is 25.6 Å². The Kier molecular flexibility index (Phi) is 5.60. The predicted molar refractivity (Wildman–Crippen MR) is 127 cm³/mol. The monoisotopic (exact) mass is 475 g/mol. The van der Waals surface area contributed by atoms with Crippen LogP contribution in [0.25, 0.3) is 22.3 Å². The number of anilines is 1. The Balaban J connectivity index is 1.46. The molecule has 5 aromatic rings.